The average molecular weight is 294 g/mol. The van der Waals surface area contributed by atoms with Crippen molar-refractivity contribution in [1.29, 1.82) is 0 Å². The van der Waals surface area contributed by atoms with Gasteiger partial charge < -0.3 is 5.73 Å². The van der Waals surface area contributed by atoms with E-state index in [4.69, 9.17) is 17.3 Å². The highest BCUT2D eigenvalue weighted by Gasteiger charge is 2.26. The Bertz CT molecular complexity index is 424. The zero-order valence-corrected chi connectivity index (χ0v) is 9.66. The molecular formula is C8H6BrClN2O3. The Morgan fingerprint density at radius 1 is 1.60 bits per heavy atom. The van der Waals surface area contributed by atoms with E-state index in [0.717, 1.165) is 0 Å². The van der Waals surface area contributed by atoms with Gasteiger partial charge in [-0.2, -0.15) is 0 Å². The minimum absolute atomic E-state index is 0.0248. The molecule has 0 saturated carbocycles. The lowest BCUT2D eigenvalue weighted by atomic mass is 10.1. The average Bonchev–Trinajstić information content (AvgIpc) is 2.15. The fourth-order valence-electron chi connectivity index (χ4n) is 1.08. The van der Waals surface area contributed by atoms with Gasteiger partial charge in [0, 0.05) is 0 Å². The zero-order valence-electron chi connectivity index (χ0n) is 7.31. The third-order valence-corrected chi connectivity index (χ3v) is 2.97. The van der Waals surface area contributed by atoms with Crippen molar-refractivity contribution in [2.24, 2.45) is 5.73 Å². The topological polar surface area (TPSA) is 86.2 Å². The molecule has 1 amide bonds. The van der Waals surface area contributed by atoms with Crippen LogP contribution in [0.2, 0.25) is 5.02 Å². The number of benzene rings is 1. The van der Waals surface area contributed by atoms with Gasteiger partial charge in [-0.05, 0) is 6.07 Å². The number of hydrogen-bond donors (Lipinski definition) is 1. The fraction of sp³-hybridized carbons (Fsp3) is 0.125. The number of alkyl halides is 1. The van der Waals surface area contributed by atoms with Gasteiger partial charge in [-0.1, -0.05) is 39.7 Å². The van der Waals surface area contributed by atoms with Gasteiger partial charge in [0.15, 0.2) is 0 Å². The molecule has 0 aliphatic heterocycles. The number of rotatable bonds is 3. The summed E-state index contributed by atoms with van der Waals surface area (Å²) in [5, 5.41) is 10.7. The lowest BCUT2D eigenvalue weighted by Gasteiger charge is -2.07. The van der Waals surface area contributed by atoms with Gasteiger partial charge in [0.2, 0.25) is 5.91 Å². The number of nitrogens with two attached hydrogens (primary N) is 1. The summed E-state index contributed by atoms with van der Waals surface area (Å²) in [5.41, 5.74) is 4.88. The van der Waals surface area contributed by atoms with Gasteiger partial charge >= 0.3 is 0 Å². The van der Waals surface area contributed by atoms with Gasteiger partial charge in [0.1, 0.15) is 9.85 Å². The molecule has 0 spiro atoms. The van der Waals surface area contributed by atoms with Crippen molar-refractivity contribution < 1.29 is 9.72 Å². The first-order valence-electron chi connectivity index (χ1n) is 3.81. The summed E-state index contributed by atoms with van der Waals surface area (Å²) in [4.78, 5) is 20.0. The SMILES string of the molecule is NC(=O)C(Br)c1cccc(Cl)c1[N+](=O)[O-]. The van der Waals surface area contributed by atoms with Crippen LogP contribution in [0, 0.1) is 10.1 Å². The lowest BCUT2D eigenvalue weighted by molar-refractivity contribution is -0.385. The monoisotopic (exact) mass is 292 g/mol. The molecule has 0 radical (unpaired) electrons. The Morgan fingerprint density at radius 2 is 2.20 bits per heavy atom. The maximum absolute atomic E-state index is 10.9. The van der Waals surface area contributed by atoms with E-state index in [1.165, 1.54) is 18.2 Å². The van der Waals surface area contributed by atoms with Gasteiger partial charge in [-0.15, -0.1) is 0 Å². The minimum Gasteiger partial charge on any atom is -0.368 e. The summed E-state index contributed by atoms with van der Waals surface area (Å²) >= 11 is 8.62. The number of nitrogens with zero attached hydrogens (tertiary/aromatic N) is 1. The van der Waals surface area contributed by atoms with E-state index in [2.05, 4.69) is 15.9 Å². The number of nitro benzene ring substituents is 1. The first-order valence-corrected chi connectivity index (χ1v) is 5.10. The van der Waals surface area contributed by atoms with Crippen molar-refractivity contribution in [3.8, 4) is 0 Å². The number of para-hydroxylation sites is 1. The summed E-state index contributed by atoms with van der Waals surface area (Å²) in [6.45, 7) is 0. The molecule has 0 aliphatic rings. The molecule has 0 aromatic heterocycles. The largest absolute Gasteiger partial charge is 0.368 e. The predicted molar refractivity (Wildman–Crippen MR) is 59.0 cm³/mol. The van der Waals surface area contributed by atoms with E-state index in [-0.39, 0.29) is 16.3 Å². The summed E-state index contributed by atoms with van der Waals surface area (Å²) in [5.74, 6) is -0.708. The Kier molecular flexibility index (Phi) is 3.65. The Morgan fingerprint density at radius 3 is 2.67 bits per heavy atom. The second-order valence-electron chi connectivity index (χ2n) is 2.70. The van der Waals surface area contributed by atoms with E-state index in [0.29, 0.717) is 0 Å². The van der Waals surface area contributed by atoms with Crippen molar-refractivity contribution in [1.82, 2.24) is 0 Å². The first kappa shape index (κ1) is 11.9. The number of amides is 1. The molecule has 0 heterocycles. The van der Waals surface area contributed by atoms with Crippen LogP contribution in [0.1, 0.15) is 10.4 Å². The Hall–Kier alpha value is -1.14. The third kappa shape index (κ3) is 2.45. The molecule has 1 rings (SSSR count). The summed E-state index contributed by atoms with van der Waals surface area (Å²) in [7, 11) is 0. The van der Waals surface area contributed by atoms with E-state index in [1.807, 2.05) is 0 Å². The van der Waals surface area contributed by atoms with Crippen molar-refractivity contribution in [3.63, 3.8) is 0 Å². The quantitative estimate of drug-likeness (QED) is 0.526. The summed E-state index contributed by atoms with van der Waals surface area (Å²) < 4.78 is 0. The van der Waals surface area contributed by atoms with Crippen molar-refractivity contribution >= 4 is 39.1 Å². The van der Waals surface area contributed by atoms with Crippen LogP contribution in [-0.2, 0) is 4.79 Å². The van der Waals surface area contributed by atoms with Crippen molar-refractivity contribution in [3.05, 3.63) is 38.9 Å². The second-order valence-corrected chi connectivity index (χ2v) is 4.02. The highest BCUT2D eigenvalue weighted by Crippen LogP contribution is 2.35. The highest BCUT2D eigenvalue weighted by molar-refractivity contribution is 9.09. The zero-order chi connectivity index (χ0) is 11.6. The lowest BCUT2D eigenvalue weighted by Crippen LogP contribution is -2.17. The normalized spacial score (nSPS) is 12.1. The molecule has 80 valence electrons. The van der Waals surface area contributed by atoms with Crippen LogP contribution >= 0.6 is 27.5 Å². The summed E-state index contributed by atoms with van der Waals surface area (Å²) in [6.07, 6.45) is 0. The minimum atomic E-state index is -0.920. The number of carbonyl (C=O) groups is 1. The van der Waals surface area contributed by atoms with E-state index >= 15 is 0 Å². The smallest absolute Gasteiger partial charge is 0.292 e. The van der Waals surface area contributed by atoms with Crippen LogP contribution in [-0.4, -0.2) is 10.8 Å². The van der Waals surface area contributed by atoms with Gasteiger partial charge in [-0.25, -0.2) is 0 Å². The number of primary amides is 1. The van der Waals surface area contributed by atoms with Crippen LogP contribution < -0.4 is 5.73 Å². The molecule has 1 unspecified atom stereocenters. The molecule has 1 aromatic rings. The Balaban J connectivity index is 3.35. The maximum atomic E-state index is 10.9. The Labute approximate surface area is 98.5 Å². The number of hydrogen-bond acceptors (Lipinski definition) is 3. The van der Waals surface area contributed by atoms with Crippen LogP contribution in [0.15, 0.2) is 18.2 Å². The van der Waals surface area contributed by atoms with E-state index in [9.17, 15) is 14.9 Å². The molecule has 0 aliphatic carbocycles. The molecule has 1 aromatic carbocycles. The standard InChI is InChI=1S/C8H6BrClN2O3/c9-6(8(11)13)4-2-1-3-5(10)7(4)12(14)15/h1-3,6H,(H2,11,13). The summed E-state index contributed by atoms with van der Waals surface area (Å²) in [6, 6.07) is 4.32. The molecule has 15 heavy (non-hydrogen) atoms. The van der Waals surface area contributed by atoms with E-state index < -0.39 is 15.7 Å². The highest BCUT2D eigenvalue weighted by atomic mass is 79.9. The molecular weight excluding hydrogens is 287 g/mol. The third-order valence-electron chi connectivity index (χ3n) is 1.72. The van der Waals surface area contributed by atoms with Gasteiger partial charge in [0.05, 0.1) is 10.5 Å². The number of carbonyl (C=O) groups excluding carboxylic acids is 1. The number of halogens is 2. The van der Waals surface area contributed by atoms with E-state index in [1.54, 1.807) is 0 Å². The molecule has 0 bridgehead atoms. The predicted octanol–water partition coefficient (Wildman–Crippen LogP) is 2.17. The van der Waals surface area contributed by atoms with Crippen LogP contribution in [0.4, 0.5) is 5.69 Å². The number of nitro groups is 1. The fourth-order valence-corrected chi connectivity index (χ4v) is 1.70. The van der Waals surface area contributed by atoms with Crippen LogP contribution in [0.3, 0.4) is 0 Å². The van der Waals surface area contributed by atoms with Gasteiger partial charge in [0.25, 0.3) is 5.69 Å². The molecule has 2 N–H and O–H groups in total. The maximum Gasteiger partial charge on any atom is 0.292 e. The molecule has 5 nitrogen and oxygen atoms in total. The van der Waals surface area contributed by atoms with Crippen molar-refractivity contribution in [2.45, 2.75) is 4.83 Å². The molecule has 0 fully saturated rings. The van der Waals surface area contributed by atoms with Crippen molar-refractivity contribution in [2.75, 3.05) is 0 Å². The molecule has 7 heteroatoms. The van der Waals surface area contributed by atoms with Crippen LogP contribution in [0.5, 0.6) is 0 Å². The van der Waals surface area contributed by atoms with Crippen LogP contribution in [0.25, 0.3) is 0 Å². The molecule has 0 saturated heterocycles. The molecule has 1 atom stereocenters. The first-order chi connectivity index (χ1) is 6.95. The van der Waals surface area contributed by atoms with Gasteiger partial charge in [-0.3, -0.25) is 14.9 Å². The second kappa shape index (κ2) is 4.59.